The van der Waals surface area contributed by atoms with Crippen LogP contribution in [0.25, 0.3) is 11.3 Å². The van der Waals surface area contributed by atoms with E-state index in [2.05, 4.69) is 39.6 Å². The summed E-state index contributed by atoms with van der Waals surface area (Å²) in [5, 5.41) is 8.49. The molecule has 9 nitrogen and oxygen atoms in total. The number of aromatic nitrogens is 1. The molecule has 0 radical (unpaired) electrons. The molecular weight excluding hydrogens is 586 g/mol. The highest BCUT2D eigenvalue weighted by Crippen LogP contribution is 2.33. The highest BCUT2D eigenvalue weighted by Gasteiger charge is 2.32. The van der Waals surface area contributed by atoms with Crippen molar-refractivity contribution in [2.24, 2.45) is 5.92 Å². The minimum atomic E-state index is -0.270. The van der Waals surface area contributed by atoms with Crippen LogP contribution in [0.2, 0.25) is 0 Å². The second-order valence-electron chi connectivity index (χ2n) is 12.4. The highest BCUT2D eigenvalue weighted by molar-refractivity contribution is 7.14. The van der Waals surface area contributed by atoms with Gasteiger partial charge in [0.15, 0.2) is 5.13 Å². The number of carbonyl (C=O) groups excluding carboxylic acids is 3. The molecule has 0 saturated carbocycles. The quantitative estimate of drug-likeness (QED) is 0.275. The zero-order valence-electron chi connectivity index (χ0n) is 26.8. The lowest BCUT2D eigenvalue weighted by atomic mass is 10.0. The van der Waals surface area contributed by atoms with E-state index in [4.69, 9.17) is 4.74 Å². The van der Waals surface area contributed by atoms with Crippen LogP contribution in [-0.2, 0) is 11.2 Å². The molecule has 3 amide bonds. The van der Waals surface area contributed by atoms with Gasteiger partial charge in [0.25, 0.3) is 11.8 Å². The summed E-state index contributed by atoms with van der Waals surface area (Å²) in [6.45, 7) is 9.27. The molecule has 2 aliphatic rings. The Morgan fingerprint density at radius 1 is 1.02 bits per heavy atom. The number of rotatable bonds is 11. The number of hydrogen-bond acceptors (Lipinski definition) is 7. The van der Waals surface area contributed by atoms with Crippen molar-refractivity contribution in [3.8, 4) is 17.0 Å². The van der Waals surface area contributed by atoms with E-state index in [0.717, 1.165) is 68.6 Å². The second-order valence-corrected chi connectivity index (χ2v) is 13.2. The summed E-state index contributed by atoms with van der Waals surface area (Å²) >= 11 is 1.37. The molecule has 1 atom stereocenters. The Labute approximate surface area is 270 Å². The van der Waals surface area contributed by atoms with E-state index < -0.39 is 0 Å². The first-order valence-corrected chi connectivity index (χ1v) is 17.0. The fourth-order valence-electron chi connectivity index (χ4n) is 6.10. The van der Waals surface area contributed by atoms with Crippen LogP contribution in [-0.4, -0.2) is 77.9 Å². The Morgan fingerprint density at radius 2 is 1.76 bits per heavy atom. The van der Waals surface area contributed by atoms with Crippen LogP contribution in [0.5, 0.6) is 5.75 Å². The minimum absolute atomic E-state index is 0.00298. The zero-order chi connectivity index (χ0) is 31.9. The van der Waals surface area contributed by atoms with Crippen molar-refractivity contribution >= 4 is 34.2 Å². The van der Waals surface area contributed by atoms with Crippen molar-refractivity contribution in [1.82, 2.24) is 20.1 Å². The van der Waals surface area contributed by atoms with Crippen LogP contribution < -0.4 is 15.4 Å². The van der Waals surface area contributed by atoms with Crippen LogP contribution in [0.1, 0.15) is 79.2 Å². The van der Waals surface area contributed by atoms with Gasteiger partial charge in [-0.05, 0) is 74.1 Å². The molecule has 3 heterocycles. The maximum Gasteiger partial charge on any atom is 0.257 e. The standard InChI is InChI=1S/C35H45N5O4S/c1-5-6-7-24-8-13-31(44-4)29(20-24)30-22-45-35(37-30)38-33(42)25-9-11-26(12-10-25)34(43)39-18-15-28(16-19-39)40-17-14-27(21-40)36-32(41)23(2)3/h8-13,20,22-23,27-28H,5-7,14-19,21H2,1-4H3,(H,36,41)(H,37,38,42). The molecule has 10 heteroatoms. The third-order valence-electron chi connectivity index (χ3n) is 8.84. The number of amides is 3. The number of piperidine rings is 1. The number of ether oxygens (including phenoxy) is 1. The molecule has 1 unspecified atom stereocenters. The van der Waals surface area contributed by atoms with E-state index in [1.165, 1.54) is 16.9 Å². The number of unbranched alkanes of at least 4 members (excludes halogenated alkanes) is 1. The van der Waals surface area contributed by atoms with Crippen molar-refractivity contribution in [2.75, 3.05) is 38.6 Å². The predicted molar refractivity (Wildman–Crippen MR) is 179 cm³/mol. The van der Waals surface area contributed by atoms with E-state index in [9.17, 15) is 14.4 Å². The smallest absolute Gasteiger partial charge is 0.257 e. The zero-order valence-corrected chi connectivity index (χ0v) is 27.6. The van der Waals surface area contributed by atoms with Gasteiger partial charge < -0.3 is 15.0 Å². The number of methoxy groups -OCH3 is 1. The predicted octanol–water partition coefficient (Wildman–Crippen LogP) is 5.86. The number of aryl methyl sites for hydroxylation is 1. The molecule has 2 aromatic carbocycles. The molecule has 1 aromatic heterocycles. The number of carbonyl (C=O) groups is 3. The fraction of sp³-hybridized carbons (Fsp3) is 0.486. The number of thiazole rings is 1. The Morgan fingerprint density at radius 3 is 2.44 bits per heavy atom. The minimum Gasteiger partial charge on any atom is -0.496 e. The first-order valence-electron chi connectivity index (χ1n) is 16.1. The third-order valence-corrected chi connectivity index (χ3v) is 9.59. The molecule has 2 N–H and O–H groups in total. The number of nitrogens with one attached hydrogen (secondary N) is 2. The van der Waals surface area contributed by atoms with Gasteiger partial charge >= 0.3 is 0 Å². The summed E-state index contributed by atoms with van der Waals surface area (Å²) in [6, 6.07) is 13.7. The maximum atomic E-state index is 13.3. The molecule has 5 rings (SSSR count). The summed E-state index contributed by atoms with van der Waals surface area (Å²) in [4.78, 5) is 47.4. The molecule has 0 spiro atoms. The van der Waals surface area contributed by atoms with Gasteiger partial charge in [0.1, 0.15) is 5.75 Å². The van der Waals surface area contributed by atoms with E-state index >= 15 is 0 Å². The third kappa shape index (κ3) is 8.10. The van der Waals surface area contributed by atoms with Crippen LogP contribution in [0.15, 0.2) is 47.8 Å². The topological polar surface area (TPSA) is 104 Å². The van der Waals surface area contributed by atoms with Gasteiger partial charge in [0, 0.05) is 66.3 Å². The summed E-state index contributed by atoms with van der Waals surface area (Å²) in [5.41, 5.74) is 3.95. The number of anilines is 1. The van der Waals surface area contributed by atoms with E-state index in [-0.39, 0.29) is 29.7 Å². The van der Waals surface area contributed by atoms with E-state index in [0.29, 0.717) is 35.4 Å². The Bertz CT molecular complexity index is 1480. The Hall–Kier alpha value is -3.76. The highest BCUT2D eigenvalue weighted by atomic mass is 32.1. The van der Waals surface area contributed by atoms with Crippen molar-refractivity contribution in [2.45, 2.75) is 71.4 Å². The normalized spacial score (nSPS) is 17.4. The van der Waals surface area contributed by atoms with Crippen LogP contribution >= 0.6 is 11.3 Å². The monoisotopic (exact) mass is 631 g/mol. The largest absolute Gasteiger partial charge is 0.496 e. The van der Waals surface area contributed by atoms with Gasteiger partial charge in [-0.3, -0.25) is 24.6 Å². The average molecular weight is 632 g/mol. The molecular formula is C35H45N5O4S. The second kappa shape index (κ2) is 15.0. The summed E-state index contributed by atoms with van der Waals surface area (Å²) in [7, 11) is 1.65. The van der Waals surface area contributed by atoms with Gasteiger partial charge in [0.05, 0.1) is 12.8 Å². The summed E-state index contributed by atoms with van der Waals surface area (Å²) in [6.07, 6.45) is 6.06. The lowest BCUT2D eigenvalue weighted by molar-refractivity contribution is -0.124. The molecule has 2 saturated heterocycles. The molecule has 45 heavy (non-hydrogen) atoms. The SMILES string of the molecule is CCCCc1ccc(OC)c(-c2csc(NC(=O)c3ccc(C(=O)N4CCC(N5CCC(NC(=O)C(C)C)C5)CC4)cc3)n2)c1. The molecule has 3 aromatic rings. The average Bonchev–Trinajstić information content (AvgIpc) is 3.73. The first kappa shape index (κ1) is 32.6. The first-order chi connectivity index (χ1) is 21.7. The van der Waals surface area contributed by atoms with Crippen molar-refractivity contribution < 1.29 is 19.1 Å². The number of hydrogen-bond donors (Lipinski definition) is 2. The van der Waals surface area contributed by atoms with E-state index in [1.54, 1.807) is 31.4 Å². The van der Waals surface area contributed by atoms with Crippen molar-refractivity contribution in [3.63, 3.8) is 0 Å². The van der Waals surface area contributed by atoms with Gasteiger partial charge in [0.2, 0.25) is 5.91 Å². The van der Waals surface area contributed by atoms with Crippen molar-refractivity contribution in [1.29, 1.82) is 0 Å². The van der Waals surface area contributed by atoms with Gasteiger partial charge in [-0.2, -0.15) is 0 Å². The van der Waals surface area contributed by atoms with Crippen LogP contribution in [0.4, 0.5) is 5.13 Å². The van der Waals surface area contributed by atoms with Crippen LogP contribution in [0, 0.1) is 5.92 Å². The van der Waals surface area contributed by atoms with E-state index in [1.807, 2.05) is 30.2 Å². The fourth-order valence-corrected chi connectivity index (χ4v) is 6.81. The summed E-state index contributed by atoms with van der Waals surface area (Å²) < 4.78 is 5.57. The molecule has 0 bridgehead atoms. The lowest BCUT2D eigenvalue weighted by Gasteiger charge is -2.37. The van der Waals surface area contributed by atoms with Gasteiger partial charge in [-0.25, -0.2) is 4.98 Å². The Kier molecular flexibility index (Phi) is 10.9. The van der Waals surface area contributed by atoms with Crippen LogP contribution in [0.3, 0.4) is 0 Å². The molecule has 240 valence electrons. The number of benzene rings is 2. The number of likely N-dealkylation sites (tertiary alicyclic amines) is 2. The maximum absolute atomic E-state index is 13.3. The Balaban J connectivity index is 1.13. The van der Waals surface area contributed by atoms with Gasteiger partial charge in [-0.15, -0.1) is 11.3 Å². The molecule has 0 aliphatic carbocycles. The number of nitrogens with zero attached hydrogens (tertiary/aromatic N) is 3. The van der Waals surface area contributed by atoms with Gasteiger partial charge in [-0.1, -0.05) is 33.3 Å². The van der Waals surface area contributed by atoms with Crippen molar-refractivity contribution in [3.05, 3.63) is 64.5 Å². The molecule has 2 fully saturated rings. The lowest BCUT2D eigenvalue weighted by Crippen LogP contribution is -2.47. The summed E-state index contributed by atoms with van der Waals surface area (Å²) in [5.74, 6) is 0.580. The molecule has 2 aliphatic heterocycles.